The molecule has 4 nitrogen and oxygen atoms in total. The van der Waals surface area contributed by atoms with Crippen LogP contribution in [0.5, 0.6) is 5.75 Å². The highest BCUT2D eigenvalue weighted by Gasteiger charge is 2.13. The van der Waals surface area contributed by atoms with E-state index < -0.39 is 0 Å². The van der Waals surface area contributed by atoms with Crippen molar-refractivity contribution in [3.63, 3.8) is 0 Å². The van der Waals surface area contributed by atoms with E-state index in [1.54, 1.807) is 6.20 Å². The number of carbonyl (C=O) groups excluding carboxylic acids is 1. The Hall–Kier alpha value is -2.82. The molecule has 136 valence electrons. The van der Waals surface area contributed by atoms with Crippen LogP contribution < -0.4 is 10.1 Å². The predicted octanol–water partition coefficient (Wildman–Crippen LogP) is 5.82. The van der Waals surface area contributed by atoms with Crippen molar-refractivity contribution >= 4 is 46.9 Å². The fraction of sp³-hybridized carbons (Fsp3) is 0.0476. The summed E-state index contributed by atoms with van der Waals surface area (Å²) in [6, 6.07) is 16.2. The summed E-state index contributed by atoms with van der Waals surface area (Å²) >= 11 is 12.2. The van der Waals surface area contributed by atoms with Gasteiger partial charge in [-0.05, 0) is 48.0 Å². The lowest BCUT2D eigenvalue weighted by Gasteiger charge is -2.10. The Balaban J connectivity index is 1.76. The maximum atomic E-state index is 12.5. The second-order valence-corrected chi connectivity index (χ2v) is 6.46. The third-order valence-corrected chi connectivity index (χ3v) is 4.30. The van der Waals surface area contributed by atoms with Crippen molar-refractivity contribution in [3.8, 4) is 5.75 Å². The minimum atomic E-state index is -0.313. The highest BCUT2D eigenvalue weighted by Crippen LogP contribution is 2.34. The highest BCUT2D eigenvalue weighted by atomic mass is 35.5. The Morgan fingerprint density at radius 1 is 1.04 bits per heavy atom. The molecule has 0 bridgehead atoms. The number of nitrogens with zero attached hydrogens (tertiary/aromatic N) is 1. The van der Waals surface area contributed by atoms with Crippen molar-refractivity contribution in [2.45, 2.75) is 0 Å². The molecule has 0 fully saturated rings. The third kappa shape index (κ3) is 4.88. The molecule has 0 spiro atoms. The SMILES string of the molecule is COc1c(Cl)cc(C(=O)Nc2cccc(/C=C/c3ccccn3)c2)cc1Cl. The smallest absolute Gasteiger partial charge is 0.255 e. The van der Waals surface area contributed by atoms with Crippen LogP contribution in [-0.2, 0) is 0 Å². The predicted molar refractivity (Wildman–Crippen MR) is 111 cm³/mol. The van der Waals surface area contributed by atoms with E-state index in [1.807, 2.05) is 54.6 Å². The number of nitrogens with one attached hydrogen (secondary N) is 1. The van der Waals surface area contributed by atoms with Gasteiger partial charge in [-0.3, -0.25) is 9.78 Å². The molecule has 27 heavy (non-hydrogen) atoms. The molecule has 0 unspecified atom stereocenters. The van der Waals surface area contributed by atoms with E-state index in [0.717, 1.165) is 11.3 Å². The van der Waals surface area contributed by atoms with Gasteiger partial charge in [-0.25, -0.2) is 0 Å². The van der Waals surface area contributed by atoms with Crippen LogP contribution in [-0.4, -0.2) is 18.0 Å². The number of rotatable bonds is 5. The monoisotopic (exact) mass is 398 g/mol. The zero-order valence-corrected chi connectivity index (χ0v) is 16.0. The summed E-state index contributed by atoms with van der Waals surface area (Å²) in [7, 11) is 1.47. The van der Waals surface area contributed by atoms with Gasteiger partial charge in [0.25, 0.3) is 5.91 Å². The first-order valence-electron chi connectivity index (χ1n) is 8.10. The molecule has 1 N–H and O–H groups in total. The molecule has 0 aliphatic heterocycles. The lowest BCUT2D eigenvalue weighted by atomic mass is 10.1. The van der Waals surface area contributed by atoms with Crippen LogP contribution in [0.15, 0.2) is 60.8 Å². The summed E-state index contributed by atoms with van der Waals surface area (Å²) in [6.07, 6.45) is 5.57. The average Bonchev–Trinajstić information content (AvgIpc) is 2.67. The van der Waals surface area contributed by atoms with E-state index >= 15 is 0 Å². The molecule has 3 rings (SSSR count). The topological polar surface area (TPSA) is 51.2 Å². The number of hydrogen-bond donors (Lipinski definition) is 1. The number of methoxy groups -OCH3 is 1. The van der Waals surface area contributed by atoms with E-state index in [1.165, 1.54) is 19.2 Å². The first-order valence-corrected chi connectivity index (χ1v) is 8.86. The molecule has 0 aliphatic rings. The molecule has 3 aromatic rings. The molecule has 0 saturated carbocycles. The summed E-state index contributed by atoms with van der Waals surface area (Å²) in [5.74, 6) is 0.0313. The molecule has 0 aliphatic carbocycles. The number of halogens is 2. The van der Waals surface area contributed by atoms with Crippen molar-refractivity contribution in [1.29, 1.82) is 0 Å². The maximum Gasteiger partial charge on any atom is 0.255 e. The van der Waals surface area contributed by atoms with Gasteiger partial charge in [0.05, 0.1) is 22.8 Å². The van der Waals surface area contributed by atoms with Gasteiger partial charge >= 0.3 is 0 Å². The van der Waals surface area contributed by atoms with E-state index in [4.69, 9.17) is 27.9 Å². The Labute approximate surface area is 167 Å². The summed E-state index contributed by atoms with van der Waals surface area (Å²) in [5.41, 5.74) is 2.80. The van der Waals surface area contributed by atoms with Crippen molar-refractivity contribution in [3.05, 3.63) is 87.7 Å². The first kappa shape index (κ1) is 19.0. The molecule has 1 heterocycles. The normalized spacial score (nSPS) is 10.8. The molecule has 1 amide bonds. The molecule has 6 heteroatoms. The summed E-state index contributed by atoms with van der Waals surface area (Å²) in [5, 5.41) is 3.40. The molecule has 2 aromatic carbocycles. The number of amides is 1. The lowest BCUT2D eigenvalue weighted by Crippen LogP contribution is -2.12. The van der Waals surface area contributed by atoms with Gasteiger partial charge in [-0.15, -0.1) is 0 Å². The van der Waals surface area contributed by atoms with Crippen LogP contribution in [0.25, 0.3) is 12.2 Å². The minimum absolute atomic E-state index is 0.280. The van der Waals surface area contributed by atoms with E-state index in [2.05, 4.69) is 10.3 Å². The quantitative estimate of drug-likeness (QED) is 0.588. The Bertz CT molecular complexity index is 965. The van der Waals surface area contributed by atoms with Crippen LogP contribution in [0.2, 0.25) is 10.0 Å². The molecule has 0 saturated heterocycles. The Kier molecular flexibility index (Phi) is 6.12. The molecular formula is C21H16Cl2N2O2. The fourth-order valence-electron chi connectivity index (χ4n) is 2.47. The Morgan fingerprint density at radius 2 is 1.81 bits per heavy atom. The average molecular weight is 399 g/mol. The standard InChI is InChI=1S/C21H16Cl2N2O2/c1-27-20-18(22)12-15(13-19(20)23)21(26)25-17-7-4-5-14(11-17)8-9-16-6-2-3-10-24-16/h2-13H,1H3,(H,25,26)/b9-8+. The van der Waals surface area contributed by atoms with Gasteiger partial charge in [-0.2, -0.15) is 0 Å². The van der Waals surface area contributed by atoms with Crippen molar-refractivity contribution in [2.75, 3.05) is 12.4 Å². The number of aromatic nitrogens is 1. The number of pyridine rings is 1. The summed E-state index contributed by atoms with van der Waals surface area (Å²) in [4.78, 5) is 16.8. The molecule has 0 atom stereocenters. The van der Waals surface area contributed by atoms with Crippen molar-refractivity contribution in [1.82, 2.24) is 4.98 Å². The van der Waals surface area contributed by atoms with Crippen molar-refractivity contribution in [2.24, 2.45) is 0 Å². The zero-order chi connectivity index (χ0) is 19.2. The van der Waals surface area contributed by atoms with Gasteiger partial charge in [0.15, 0.2) is 5.75 Å². The molecular weight excluding hydrogens is 383 g/mol. The second-order valence-electron chi connectivity index (χ2n) is 5.64. The van der Waals surface area contributed by atoms with Gasteiger partial charge in [0, 0.05) is 17.4 Å². The fourth-order valence-corrected chi connectivity index (χ4v) is 3.11. The van der Waals surface area contributed by atoms with E-state index in [-0.39, 0.29) is 16.0 Å². The van der Waals surface area contributed by atoms with Gasteiger partial charge < -0.3 is 10.1 Å². The van der Waals surface area contributed by atoms with Crippen LogP contribution in [0, 0.1) is 0 Å². The summed E-state index contributed by atoms with van der Waals surface area (Å²) in [6.45, 7) is 0. The zero-order valence-electron chi connectivity index (χ0n) is 14.4. The third-order valence-electron chi connectivity index (χ3n) is 3.74. The highest BCUT2D eigenvalue weighted by molar-refractivity contribution is 6.37. The molecule has 0 radical (unpaired) electrons. The van der Waals surface area contributed by atoms with Crippen LogP contribution in [0.4, 0.5) is 5.69 Å². The second kappa shape index (κ2) is 8.71. The van der Waals surface area contributed by atoms with Gasteiger partial charge in [0.2, 0.25) is 0 Å². The maximum absolute atomic E-state index is 12.5. The number of ether oxygens (including phenoxy) is 1. The van der Waals surface area contributed by atoms with Crippen LogP contribution in [0.3, 0.4) is 0 Å². The minimum Gasteiger partial charge on any atom is -0.494 e. The number of anilines is 1. The van der Waals surface area contributed by atoms with Crippen LogP contribution >= 0.6 is 23.2 Å². The number of hydrogen-bond acceptors (Lipinski definition) is 3. The Morgan fingerprint density at radius 3 is 2.48 bits per heavy atom. The first-order chi connectivity index (χ1) is 13.1. The van der Waals surface area contributed by atoms with E-state index in [9.17, 15) is 4.79 Å². The number of carbonyl (C=O) groups is 1. The molecule has 1 aromatic heterocycles. The van der Waals surface area contributed by atoms with E-state index in [0.29, 0.717) is 17.0 Å². The van der Waals surface area contributed by atoms with Crippen molar-refractivity contribution < 1.29 is 9.53 Å². The summed E-state index contributed by atoms with van der Waals surface area (Å²) < 4.78 is 5.10. The van der Waals surface area contributed by atoms with Gasteiger partial charge in [0.1, 0.15) is 0 Å². The largest absolute Gasteiger partial charge is 0.494 e. The number of benzene rings is 2. The van der Waals surface area contributed by atoms with Crippen LogP contribution in [0.1, 0.15) is 21.6 Å². The van der Waals surface area contributed by atoms with Gasteiger partial charge in [-0.1, -0.05) is 47.5 Å². The lowest BCUT2D eigenvalue weighted by molar-refractivity contribution is 0.102.